The highest BCUT2D eigenvalue weighted by Gasteiger charge is 2.31. The number of hydrogen-bond acceptors (Lipinski definition) is 7. The highest BCUT2D eigenvalue weighted by Crippen LogP contribution is 2.38. The van der Waals surface area contributed by atoms with Gasteiger partial charge in [0.25, 0.3) is 11.8 Å². The van der Waals surface area contributed by atoms with Crippen LogP contribution in [0.1, 0.15) is 52.7 Å². The lowest BCUT2D eigenvalue weighted by atomic mass is 10.0. The predicted molar refractivity (Wildman–Crippen MR) is 187 cm³/mol. The third-order valence-electron chi connectivity index (χ3n) is 8.48. The molecule has 1 saturated heterocycles. The van der Waals surface area contributed by atoms with E-state index in [1.807, 2.05) is 57.2 Å². The minimum atomic E-state index is -0.573. The molecule has 0 bridgehead atoms. The Morgan fingerprint density at radius 3 is 2.31 bits per heavy atom. The molecule has 254 valence electrons. The lowest BCUT2D eigenvalue weighted by Gasteiger charge is -2.35. The number of aromatic amines is 1. The molecular weight excluding hydrogens is 622 g/mol. The number of hydrogen-bond donors (Lipinski definition) is 3. The number of benzene rings is 2. The van der Waals surface area contributed by atoms with Gasteiger partial charge in [-0.3, -0.25) is 14.4 Å². The lowest BCUT2D eigenvalue weighted by Crippen LogP contribution is -2.51. The van der Waals surface area contributed by atoms with E-state index in [0.717, 1.165) is 28.2 Å². The fourth-order valence-corrected chi connectivity index (χ4v) is 5.95. The number of H-pyrrole nitrogens is 1. The van der Waals surface area contributed by atoms with Gasteiger partial charge in [-0.05, 0) is 62.7 Å². The van der Waals surface area contributed by atoms with Crippen molar-refractivity contribution in [3.63, 3.8) is 0 Å². The zero-order chi connectivity index (χ0) is 34.7. The van der Waals surface area contributed by atoms with Crippen molar-refractivity contribution < 1.29 is 23.9 Å². The topological polar surface area (TPSA) is 140 Å². The number of fused-ring (bicyclic) bond motifs is 1. The summed E-state index contributed by atoms with van der Waals surface area (Å²) in [5.74, 6) is -0.0618. The van der Waals surface area contributed by atoms with Crippen LogP contribution in [0.25, 0.3) is 11.3 Å². The zero-order valence-corrected chi connectivity index (χ0v) is 28.2. The van der Waals surface area contributed by atoms with Crippen LogP contribution in [0.2, 0.25) is 0 Å². The van der Waals surface area contributed by atoms with E-state index in [1.54, 1.807) is 58.3 Å². The number of pyridine rings is 1. The number of anilines is 3. The van der Waals surface area contributed by atoms with E-state index in [1.165, 1.54) is 0 Å². The van der Waals surface area contributed by atoms with Gasteiger partial charge in [-0.2, -0.15) is 0 Å². The van der Waals surface area contributed by atoms with Crippen LogP contribution in [0.3, 0.4) is 0 Å². The smallest absolute Gasteiger partial charge is 0.410 e. The van der Waals surface area contributed by atoms with Gasteiger partial charge in [0.05, 0.1) is 23.4 Å². The molecule has 12 heteroatoms. The Balaban J connectivity index is 1.10. The van der Waals surface area contributed by atoms with E-state index in [4.69, 9.17) is 4.74 Å². The first-order chi connectivity index (χ1) is 23.4. The number of likely N-dealkylation sites (N-methyl/N-ethyl adjacent to an activating group) is 1. The van der Waals surface area contributed by atoms with Crippen LogP contribution >= 0.6 is 0 Å². The number of amides is 4. The molecule has 0 atom stereocenters. The number of ether oxygens (including phenoxy) is 1. The lowest BCUT2D eigenvalue weighted by molar-refractivity contribution is -0.115. The Bertz CT molecular complexity index is 1860. The number of nitrogens with zero attached hydrogens (tertiary/aromatic N) is 4. The maximum absolute atomic E-state index is 13.2. The number of piperazine rings is 1. The molecule has 2 aliphatic heterocycles. The Morgan fingerprint density at radius 1 is 0.918 bits per heavy atom. The van der Waals surface area contributed by atoms with Crippen molar-refractivity contribution in [1.82, 2.24) is 24.7 Å². The number of carbonyl (C=O) groups excluding carboxylic acids is 4. The van der Waals surface area contributed by atoms with E-state index < -0.39 is 5.60 Å². The molecule has 12 nitrogen and oxygen atoms in total. The van der Waals surface area contributed by atoms with Gasteiger partial charge in [0.1, 0.15) is 11.4 Å². The standard InChI is InChI=1S/C37H41N7O5/c1-37(2,3)49-36(48)44-20-18-43(19-21-44)34(46)25-12-10-24(11-13-25)22-30(45)41-29-23-26(14-16-38-29)32-33(39-27-8-6-5-7-9-27)31-28(40-32)15-17-42(4)35(31)47/h5-14,16,23,39-40H,15,17-22H2,1-4H3,(H,38,41,45). The van der Waals surface area contributed by atoms with Crippen LogP contribution in [0.5, 0.6) is 0 Å². The molecule has 1 fully saturated rings. The average Bonchev–Trinajstić information content (AvgIpc) is 3.45. The fraction of sp³-hybridized carbons (Fsp3) is 0.324. The first-order valence-electron chi connectivity index (χ1n) is 16.4. The molecule has 0 radical (unpaired) electrons. The zero-order valence-electron chi connectivity index (χ0n) is 28.2. The van der Waals surface area contributed by atoms with Crippen molar-refractivity contribution in [1.29, 1.82) is 0 Å². The van der Waals surface area contributed by atoms with Crippen molar-refractivity contribution in [3.8, 4) is 11.3 Å². The second-order valence-electron chi connectivity index (χ2n) is 13.3. The predicted octanol–water partition coefficient (Wildman–Crippen LogP) is 5.32. The van der Waals surface area contributed by atoms with Crippen molar-refractivity contribution in [3.05, 3.63) is 95.3 Å². The van der Waals surface area contributed by atoms with Gasteiger partial charge in [0, 0.05) is 74.9 Å². The molecule has 0 spiro atoms. The molecule has 49 heavy (non-hydrogen) atoms. The van der Waals surface area contributed by atoms with Gasteiger partial charge >= 0.3 is 6.09 Å². The minimum Gasteiger partial charge on any atom is -0.444 e. The van der Waals surface area contributed by atoms with Gasteiger partial charge in [-0.25, -0.2) is 9.78 Å². The van der Waals surface area contributed by atoms with E-state index >= 15 is 0 Å². The summed E-state index contributed by atoms with van der Waals surface area (Å²) in [6, 6.07) is 20.3. The summed E-state index contributed by atoms with van der Waals surface area (Å²) in [6.45, 7) is 7.73. The molecule has 2 aliphatic rings. The number of nitrogens with one attached hydrogen (secondary N) is 3. The van der Waals surface area contributed by atoms with Crippen molar-refractivity contribution >= 4 is 41.0 Å². The molecule has 0 saturated carbocycles. The van der Waals surface area contributed by atoms with Crippen LogP contribution in [0, 0.1) is 0 Å². The second-order valence-corrected chi connectivity index (χ2v) is 13.3. The third-order valence-corrected chi connectivity index (χ3v) is 8.48. The number of para-hydroxylation sites is 1. The summed E-state index contributed by atoms with van der Waals surface area (Å²) in [6.07, 6.45) is 2.04. The van der Waals surface area contributed by atoms with Gasteiger partial charge in [0.2, 0.25) is 5.91 Å². The molecule has 0 aliphatic carbocycles. The van der Waals surface area contributed by atoms with Crippen molar-refractivity contribution in [2.24, 2.45) is 0 Å². The molecule has 4 amide bonds. The van der Waals surface area contributed by atoms with Crippen LogP contribution in [0.4, 0.5) is 22.0 Å². The summed E-state index contributed by atoms with van der Waals surface area (Å²) in [5, 5.41) is 6.32. The third kappa shape index (κ3) is 7.75. The Morgan fingerprint density at radius 2 is 1.61 bits per heavy atom. The van der Waals surface area contributed by atoms with Crippen molar-refractivity contribution in [2.75, 3.05) is 50.4 Å². The van der Waals surface area contributed by atoms with Crippen molar-refractivity contribution in [2.45, 2.75) is 39.2 Å². The minimum absolute atomic E-state index is 0.0572. The summed E-state index contributed by atoms with van der Waals surface area (Å²) >= 11 is 0. The molecule has 4 heterocycles. The number of rotatable bonds is 7. The van der Waals surface area contributed by atoms with Crippen LogP contribution in [-0.2, 0) is 22.4 Å². The Labute approximate surface area is 285 Å². The van der Waals surface area contributed by atoms with Crippen LogP contribution in [-0.4, -0.2) is 93.9 Å². The second kappa shape index (κ2) is 13.8. The van der Waals surface area contributed by atoms with Crippen LogP contribution in [0.15, 0.2) is 72.9 Å². The van der Waals surface area contributed by atoms with E-state index in [2.05, 4.69) is 20.6 Å². The van der Waals surface area contributed by atoms with Gasteiger partial charge in [0.15, 0.2) is 0 Å². The van der Waals surface area contributed by atoms with Gasteiger partial charge in [-0.15, -0.1) is 0 Å². The van der Waals surface area contributed by atoms with Crippen LogP contribution < -0.4 is 10.6 Å². The number of aromatic nitrogens is 2. The average molecular weight is 664 g/mol. The molecule has 2 aromatic carbocycles. The quantitative estimate of drug-likeness (QED) is 0.243. The van der Waals surface area contributed by atoms with Gasteiger partial charge in [-0.1, -0.05) is 30.3 Å². The number of carbonyl (C=O) groups is 4. The summed E-state index contributed by atoms with van der Waals surface area (Å²) in [5.41, 5.74) is 5.20. The monoisotopic (exact) mass is 663 g/mol. The van der Waals surface area contributed by atoms with E-state index in [0.29, 0.717) is 61.8 Å². The molecule has 2 aromatic heterocycles. The Hall–Kier alpha value is -5.65. The molecular formula is C37H41N7O5. The fourth-order valence-electron chi connectivity index (χ4n) is 5.95. The highest BCUT2D eigenvalue weighted by molar-refractivity contribution is 6.06. The molecule has 3 N–H and O–H groups in total. The van der Waals surface area contributed by atoms with E-state index in [9.17, 15) is 19.2 Å². The normalized spacial score (nSPS) is 14.7. The summed E-state index contributed by atoms with van der Waals surface area (Å²) in [7, 11) is 1.80. The summed E-state index contributed by atoms with van der Waals surface area (Å²) < 4.78 is 5.44. The Kier molecular flexibility index (Phi) is 9.39. The SMILES string of the molecule is CN1CCc2[nH]c(-c3ccnc(NC(=O)Cc4ccc(C(=O)N5CCN(C(=O)OC(C)(C)C)CC5)cc4)c3)c(Nc3ccccc3)c2C1=O. The first kappa shape index (κ1) is 33.3. The highest BCUT2D eigenvalue weighted by atomic mass is 16.6. The van der Waals surface area contributed by atoms with E-state index in [-0.39, 0.29) is 30.2 Å². The molecule has 4 aromatic rings. The van der Waals surface area contributed by atoms with Gasteiger partial charge < -0.3 is 35.1 Å². The largest absolute Gasteiger partial charge is 0.444 e. The first-order valence-corrected chi connectivity index (χ1v) is 16.4. The molecule has 0 unspecified atom stereocenters. The maximum Gasteiger partial charge on any atom is 0.410 e. The molecule has 6 rings (SSSR count). The summed E-state index contributed by atoms with van der Waals surface area (Å²) in [4.78, 5) is 64.7. The maximum atomic E-state index is 13.2.